The standard InChI is InChI=1S/C15H23N5/c1-3-20-14-13(9(2)18-20)17-15(16)19(14)8-12-7-10-4-5-11(12)6-10/h10-12H,3-8H2,1-2H3,(H2,16,17). The highest BCUT2D eigenvalue weighted by molar-refractivity contribution is 5.77. The Balaban J connectivity index is 1.73. The largest absolute Gasteiger partial charge is 0.369 e. The maximum absolute atomic E-state index is 6.18. The number of nitrogen functional groups attached to an aromatic ring is 1. The lowest BCUT2D eigenvalue weighted by Gasteiger charge is -2.22. The Morgan fingerprint density at radius 3 is 2.80 bits per heavy atom. The first-order valence-electron chi connectivity index (χ1n) is 7.86. The van der Waals surface area contributed by atoms with Gasteiger partial charge in [0, 0.05) is 13.1 Å². The molecule has 2 heterocycles. The fraction of sp³-hybridized carbons (Fsp3) is 0.733. The van der Waals surface area contributed by atoms with Gasteiger partial charge >= 0.3 is 0 Å². The Morgan fingerprint density at radius 1 is 1.30 bits per heavy atom. The maximum atomic E-state index is 6.18. The zero-order valence-electron chi connectivity index (χ0n) is 12.3. The molecule has 3 atom stereocenters. The molecule has 5 heteroatoms. The SMILES string of the molecule is CCn1nc(C)c2nc(N)n(CC3CC4CCC3C4)c21. The van der Waals surface area contributed by atoms with Gasteiger partial charge in [0.15, 0.2) is 5.65 Å². The average Bonchev–Trinajstić information content (AvgIpc) is 3.16. The number of nitrogens with two attached hydrogens (primary N) is 1. The molecule has 0 aliphatic heterocycles. The molecule has 2 aliphatic carbocycles. The van der Waals surface area contributed by atoms with Crippen molar-refractivity contribution in [3.8, 4) is 0 Å². The van der Waals surface area contributed by atoms with Crippen molar-refractivity contribution in [2.75, 3.05) is 5.73 Å². The Bertz CT molecular complexity index is 653. The van der Waals surface area contributed by atoms with Crippen LogP contribution in [0.3, 0.4) is 0 Å². The lowest BCUT2D eigenvalue weighted by atomic mass is 9.89. The van der Waals surface area contributed by atoms with E-state index in [0.717, 1.165) is 47.7 Å². The lowest BCUT2D eigenvalue weighted by molar-refractivity contribution is 0.298. The van der Waals surface area contributed by atoms with Gasteiger partial charge in [0.25, 0.3) is 0 Å². The van der Waals surface area contributed by atoms with Crippen molar-refractivity contribution >= 4 is 17.1 Å². The minimum Gasteiger partial charge on any atom is -0.369 e. The molecule has 3 unspecified atom stereocenters. The summed E-state index contributed by atoms with van der Waals surface area (Å²) in [5.41, 5.74) is 9.26. The van der Waals surface area contributed by atoms with Crippen LogP contribution >= 0.6 is 0 Å². The Labute approximate surface area is 119 Å². The molecule has 0 radical (unpaired) electrons. The van der Waals surface area contributed by atoms with Crippen LogP contribution in [0.15, 0.2) is 0 Å². The van der Waals surface area contributed by atoms with Crippen molar-refractivity contribution in [1.82, 2.24) is 19.3 Å². The summed E-state index contributed by atoms with van der Waals surface area (Å²) < 4.78 is 4.26. The average molecular weight is 273 g/mol. The fourth-order valence-electron chi connectivity index (χ4n) is 4.48. The van der Waals surface area contributed by atoms with Gasteiger partial charge in [-0.3, -0.25) is 4.57 Å². The van der Waals surface area contributed by atoms with Crippen LogP contribution < -0.4 is 5.73 Å². The molecule has 4 rings (SSSR count). The van der Waals surface area contributed by atoms with E-state index in [1.807, 2.05) is 11.6 Å². The van der Waals surface area contributed by atoms with Crippen LogP contribution in [0.4, 0.5) is 5.95 Å². The Morgan fingerprint density at radius 2 is 2.15 bits per heavy atom. The summed E-state index contributed by atoms with van der Waals surface area (Å²) in [6.45, 7) is 6.03. The van der Waals surface area contributed by atoms with Crippen LogP contribution in [-0.4, -0.2) is 19.3 Å². The number of aromatic nitrogens is 4. The van der Waals surface area contributed by atoms with Crippen LogP contribution in [0.25, 0.3) is 11.2 Å². The summed E-state index contributed by atoms with van der Waals surface area (Å²) in [6.07, 6.45) is 5.68. The second-order valence-corrected chi connectivity index (χ2v) is 6.59. The molecule has 2 fully saturated rings. The van der Waals surface area contributed by atoms with Gasteiger partial charge in [0.2, 0.25) is 5.95 Å². The Kier molecular flexibility index (Phi) is 2.59. The van der Waals surface area contributed by atoms with E-state index in [1.54, 1.807) is 0 Å². The normalized spacial score (nSPS) is 28.8. The first-order chi connectivity index (χ1) is 9.67. The van der Waals surface area contributed by atoms with E-state index in [-0.39, 0.29) is 0 Å². The van der Waals surface area contributed by atoms with Crippen molar-refractivity contribution < 1.29 is 0 Å². The summed E-state index contributed by atoms with van der Waals surface area (Å²) >= 11 is 0. The molecule has 2 aliphatic rings. The molecule has 0 amide bonds. The quantitative estimate of drug-likeness (QED) is 0.935. The zero-order valence-corrected chi connectivity index (χ0v) is 12.3. The number of aryl methyl sites for hydroxylation is 2. The van der Waals surface area contributed by atoms with Gasteiger partial charge in [-0.05, 0) is 50.9 Å². The number of nitrogens with zero attached hydrogens (tertiary/aromatic N) is 4. The second-order valence-electron chi connectivity index (χ2n) is 6.59. The van der Waals surface area contributed by atoms with Crippen LogP contribution in [0.2, 0.25) is 0 Å². The molecule has 0 saturated heterocycles. The van der Waals surface area contributed by atoms with Crippen LogP contribution in [0.5, 0.6) is 0 Å². The highest BCUT2D eigenvalue weighted by atomic mass is 15.4. The van der Waals surface area contributed by atoms with Crippen LogP contribution in [0, 0.1) is 24.7 Å². The summed E-state index contributed by atoms with van der Waals surface area (Å²) in [4.78, 5) is 4.54. The molecule has 5 nitrogen and oxygen atoms in total. The molecule has 108 valence electrons. The number of rotatable bonds is 3. The van der Waals surface area contributed by atoms with E-state index >= 15 is 0 Å². The number of hydrogen-bond donors (Lipinski definition) is 1. The van der Waals surface area contributed by atoms with Gasteiger partial charge in [-0.1, -0.05) is 6.42 Å². The van der Waals surface area contributed by atoms with E-state index in [1.165, 1.54) is 25.7 Å². The Hall–Kier alpha value is -1.52. The fourth-order valence-corrected chi connectivity index (χ4v) is 4.48. The first kappa shape index (κ1) is 12.2. The van der Waals surface area contributed by atoms with Gasteiger partial charge in [0.1, 0.15) is 5.52 Å². The molecular formula is C15H23N5. The molecule has 0 aromatic carbocycles. The molecule has 2 aromatic heterocycles. The predicted octanol–water partition coefficient (Wildman–Crippen LogP) is 2.58. The van der Waals surface area contributed by atoms with E-state index in [2.05, 4.69) is 21.6 Å². The van der Waals surface area contributed by atoms with E-state index in [0.29, 0.717) is 5.95 Å². The number of fused-ring (bicyclic) bond motifs is 3. The van der Waals surface area contributed by atoms with Gasteiger partial charge in [-0.2, -0.15) is 5.10 Å². The molecule has 2 aromatic rings. The molecule has 2 bridgehead atoms. The van der Waals surface area contributed by atoms with Crippen molar-refractivity contribution in [3.05, 3.63) is 5.69 Å². The zero-order chi connectivity index (χ0) is 13.9. The molecule has 2 N–H and O–H groups in total. The number of imidazole rings is 1. The van der Waals surface area contributed by atoms with E-state index < -0.39 is 0 Å². The third kappa shape index (κ3) is 1.61. The van der Waals surface area contributed by atoms with Crippen LogP contribution in [0.1, 0.15) is 38.3 Å². The lowest BCUT2D eigenvalue weighted by Crippen LogP contribution is -2.19. The summed E-state index contributed by atoms with van der Waals surface area (Å²) in [7, 11) is 0. The highest BCUT2D eigenvalue weighted by Crippen LogP contribution is 2.49. The predicted molar refractivity (Wildman–Crippen MR) is 79.3 cm³/mol. The van der Waals surface area contributed by atoms with Gasteiger partial charge in [-0.15, -0.1) is 0 Å². The molecule has 2 saturated carbocycles. The summed E-state index contributed by atoms with van der Waals surface area (Å²) in [5, 5.41) is 4.57. The van der Waals surface area contributed by atoms with Gasteiger partial charge < -0.3 is 5.73 Å². The van der Waals surface area contributed by atoms with Crippen molar-refractivity contribution in [1.29, 1.82) is 0 Å². The topological polar surface area (TPSA) is 61.7 Å². The second kappa shape index (κ2) is 4.24. The first-order valence-corrected chi connectivity index (χ1v) is 7.86. The van der Waals surface area contributed by atoms with Gasteiger partial charge in [0.05, 0.1) is 5.69 Å². The smallest absolute Gasteiger partial charge is 0.202 e. The van der Waals surface area contributed by atoms with Crippen LogP contribution in [-0.2, 0) is 13.1 Å². The monoisotopic (exact) mass is 273 g/mol. The third-order valence-electron chi connectivity index (χ3n) is 5.43. The van der Waals surface area contributed by atoms with Crippen molar-refractivity contribution in [3.63, 3.8) is 0 Å². The van der Waals surface area contributed by atoms with Crippen molar-refractivity contribution in [2.45, 2.75) is 52.6 Å². The molecule has 20 heavy (non-hydrogen) atoms. The van der Waals surface area contributed by atoms with E-state index in [9.17, 15) is 0 Å². The van der Waals surface area contributed by atoms with Crippen molar-refractivity contribution in [2.24, 2.45) is 17.8 Å². The molecular weight excluding hydrogens is 250 g/mol. The summed E-state index contributed by atoms with van der Waals surface area (Å²) in [6, 6.07) is 0. The molecule has 0 spiro atoms. The minimum atomic E-state index is 0.658. The highest BCUT2D eigenvalue weighted by Gasteiger charge is 2.39. The minimum absolute atomic E-state index is 0.658. The number of anilines is 1. The third-order valence-corrected chi connectivity index (χ3v) is 5.43. The summed E-state index contributed by atoms with van der Waals surface area (Å²) in [5.74, 6) is 3.33. The number of hydrogen-bond acceptors (Lipinski definition) is 3. The van der Waals surface area contributed by atoms with Gasteiger partial charge in [-0.25, -0.2) is 9.67 Å². The van der Waals surface area contributed by atoms with E-state index in [4.69, 9.17) is 5.73 Å². The maximum Gasteiger partial charge on any atom is 0.202 e.